The Morgan fingerprint density at radius 1 is 1.10 bits per heavy atom. The van der Waals surface area contributed by atoms with Crippen LogP contribution in [0.1, 0.15) is 24.5 Å². The maximum atomic E-state index is 6.20. The predicted octanol–water partition coefficient (Wildman–Crippen LogP) is 3.81. The van der Waals surface area contributed by atoms with Crippen LogP contribution in [0.15, 0.2) is 42.7 Å². The number of benzene rings is 1. The number of pyridine rings is 1. The minimum atomic E-state index is 0.668. The summed E-state index contributed by atoms with van der Waals surface area (Å²) in [4.78, 5) is 4.00. The van der Waals surface area contributed by atoms with E-state index in [0.29, 0.717) is 11.6 Å². The van der Waals surface area contributed by atoms with Gasteiger partial charge in [0, 0.05) is 25.5 Å². The van der Waals surface area contributed by atoms with Crippen molar-refractivity contribution in [2.75, 3.05) is 6.61 Å². The van der Waals surface area contributed by atoms with Crippen molar-refractivity contribution in [1.82, 2.24) is 10.3 Å². The molecule has 0 fully saturated rings. The summed E-state index contributed by atoms with van der Waals surface area (Å²) in [7, 11) is 0. The van der Waals surface area contributed by atoms with E-state index in [4.69, 9.17) is 16.3 Å². The van der Waals surface area contributed by atoms with Crippen LogP contribution in [0.2, 0.25) is 5.02 Å². The number of hydrogen-bond donors (Lipinski definition) is 1. The van der Waals surface area contributed by atoms with Crippen LogP contribution in [-0.2, 0) is 13.1 Å². The fraction of sp³-hybridized carbons (Fsp3) is 0.312. The van der Waals surface area contributed by atoms with Gasteiger partial charge >= 0.3 is 0 Å². The van der Waals surface area contributed by atoms with Gasteiger partial charge in [-0.15, -0.1) is 0 Å². The number of halogens is 1. The van der Waals surface area contributed by atoms with Gasteiger partial charge in [-0.3, -0.25) is 4.98 Å². The van der Waals surface area contributed by atoms with Gasteiger partial charge < -0.3 is 10.1 Å². The molecule has 0 aliphatic rings. The van der Waals surface area contributed by atoms with E-state index in [1.807, 2.05) is 30.3 Å². The van der Waals surface area contributed by atoms with Gasteiger partial charge in [0.1, 0.15) is 5.75 Å². The van der Waals surface area contributed by atoms with Crippen molar-refractivity contribution in [2.24, 2.45) is 0 Å². The molecule has 1 N–H and O–H groups in total. The zero-order valence-corrected chi connectivity index (χ0v) is 12.4. The number of rotatable bonds is 7. The molecular weight excluding hydrogens is 272 g/mol. The first kappa shape index (κ1) is 14.8. The Kier molecular flexibility index (Phi) is 5.84. The second kappa shape index (κ2) is 7.88. The van der Waals surface area contributed by atoms with Crippen LogP contribution in [0.3, 0.4) is 0 Å². The summed E-state index contributed by atoms with van der Waals surface area (Å²) in [5.74, 6) is 0.756. The van der Waals surface area contributed by atoms with Gasteiger partial charge in [-0.05, 0) is 41.8 Å². The molecule has 0 unspecified atom stereocenters. The Morgan fingerprint density at radius 2 is 1.85 bits per heavy atom. The lowest BCUT2D eigenvalue weighted by atomic mass is 10.2. The Bertz CT molecular complexity index is 531. The van der Waals surface area contributed by atoms with Crippen LogP contribution in [0.25, 0.3) is 0 Å². The van der Waals surface area contributed by atoms with Gasteiger partial charge in [-0.25, -0.2) is 0 Å². The summed E-state index contributed by atoms with van der Waals surface area (Å²) >= 11 is 6.20. The van der Waals surface area contributed by atoms with E-state index in [0.717, 1.165) is 30.8 Å². The Labute approximate surface area is 124 Å². The molecule has 0 radical (unpaired) electrons. The average molecular weight is 291 g/mol. The summed E-state index contributed by atoms with van der Waals surface area (Å²) in [5, 5.41) is 4.05. The van der Waals surface area contributed by atoms with Gasteiger partial charge in [0.15, 0.2) is 0 Å². The topological polar surface area (TPSA) is 34.1 Å². The summed E-state index contributed by atoms with van der Waals surface area (Å²) in [6, 6.07) is 9.92. The highest BCUT2D eigenvalue weighted by Gasteiger charge is 2.03. The highest BCUT2D eigenvalue weighted by Crippen LogP contribution is 2.25. The first-order valence-electron chi connectivity index (χ1n) is 6.80. The summed E-state index contributed by atoms with van der Waals surface area (Å²) in [5.41, 5.74) is 2.36. The number of nitrogens with one attached hydrogen (secondary N) is 1. The van der Waals surface area contributed by atoms with E-state index in [1.54, 1.807) is 12.4 Å². The lowest BCUT2D eigenvalue weighted by Gasteiger charge is -2.09. The van der Waals surface area contributed by atoms with Gasteiger partial charge in [0.2, 0.25) is 0 Å². The normalized spacial score (nSPS) is 10.5. The third kappa shape index (κ3) is 4.51. The number of nitrogens with zero attached hydrogens (tertiary/aromatic N) is 1. The fourth-order valence-electron chi connectivity index (χ4n) is 1.84. The average Bonchev–Trinajstić information content (AvgIpc) is 2.47. The Morgan fingerprint density at radius 3 is 2.55 bits per heavy atom. The molecule has 2 rings (SSSR count). The first-order chi connectivity index (χ1) is 9.79. The third-order valence-electron chi connectivity index (χ3n) is 2.87. The molecule has 0 spiro atoms. The molecule has 20 heavy (non-hydrogen) atoms. The van der Waals surface area contributed by atoms with Gasteiger partial charge in [0.25, 0.3) is 0 Å². The maximum absolute atomic E-state index is 6.20. The zero-order chi connectivity index (χ0) is 14.2. The Hall–Kier alpha value is -1.58. The summed E-state index contributed by atoms with van der Waals surface area (Å²) < 4.78 is 5.56. The molecule has 0 saturated heterocycles. The fourth-order valence-corrected chi connectivity index (χ4v) is 2.09. The monoisotopic (exact) mass is 290 g/mol. The molecule has 4 heteroatoms. The van der Waals surface area contributed by atoms with Crippen molar-refractivity contribution in [1.29, 1.82) is 0 Å². The lowest BCUT2D eigenvalue weighted by molar-refractivity contribution is 0.317. The van der Waals surface area contributed by atoms with Crippen LogP contribution in [0.4, 0.5) is 0 Å². The van der Waals surface area contributed by atoms with Crippen LogP contribution >= 0.6 is 11.6 Å². The maximum Gasteiger partial charge on any atom is 0.137 e. The van der Waals surface area contributed by atoms with E-state index >= 15 is 0 Å². The van der Waals surface area contributed by atoms with E-state index in [1.165, 1.54) is 5.56 Å². The van der Waals surface area contributed by atoms with Crippen molar-refractivity contribution < 1.29 is 4.74 Å². The van der Waals surface area contributed by atoms with E-state index in [9.17, 15) is 0 Å². The highest BCUT2D eigenvalue weighted by atomic mass is 35.5. The lowest BCUT2D eigenvalue weighted by Crippen LogP contribution is -2.12. The molecule has 0 amide bonds. The van der Waals surface area contributed by atoms with E-state index in [2.05, 4.69) is 17.2 Å². The van der Waals surface area contributed by atoms with E-state index < -0.39 is 0 Å². The molecule has 2 aromatic rings. The number of aromatic nitrogens is 1. The molecule has 1 heterocycles. The zero-order valence-electron chi connectivity index (χ0n) is 11.6. The molecule has 3 nitrogen and oxygen atoms in total. The van der Waals surface area contributed by atoms with Crippen molar-refractivity contribution >= 4 is 11.6 Å². The third-order valence-corrected chi connectivity index (χ3v) is 3.16. The molecule has 0 saturated carbocycles. The molecule has 0 aliphatic heterocycles. The molecular formula is C16H19ClN2O. The molecule has 0 atom stereocenters. The molecule has 1 aromatic heterocycles. The second-order valence-electron chi connectivity index (χ2n) is 4.57. The molecule has 1 aromatic carbocycles. The Balaban J connectivity index is 1.85. The van der Waals surface area contributed by atoms with Crippen molar-refractivity contribution in [3.05, 3.63) is 58.9 Å². The SMILES string of the molecule is CCCOc1ccc(CNCc2ccncc2)cc1Cl. The van der Waals surface area contributed by atoms with E-state index in [-0.39, 0.29) is 0 Å². The quantitative estimate of drug-likeness (QED) is 0.842. The highest BCUT2D eigenvalue weighted by molar-refractivity contribution is 6.32. The predicted molar refractivity (Wildman–Crippen MR) is 82.0 cm³/mol. The minimum absolute atomic E-state index is 0.668. The molecule has 0 bridgehead atoms. The number of ether oxygens (including phenoxy) is 1. The van der Waals surface area contributed by atoms with Gasteiger partial charge in [-0.2, -0.15) is 0 Å². The first-order valence-corrected chi connectivity index (χ1v) is 7.18. The van der Waals surface area contributed by atoms with Gasteiger partial charge in [-0.1, -0.05) is 24.6 Å². The van der Waals surface area contributed by atoms with Gasteiger partial charge in [0.05, 0.1) is 11.6 Å². The smallest absolute Gasteiger partial charge is 0.137 e. The molecule has 106 valence electrons. The summed E-state index contributed by atoms with van der Waals surface area (Å²) in [6.07, 6.45) is 4.58. The van der Waals surface area contributed by atoms with Crippen LogP contribution in [0, 0.1) is 0 Å². The van der Waals surface area contributed by atoms with Crippen LogP contribution in [0.5, 0.6) is 5.75 Å². The second-order valence-corrected chi connectivity index (χ2v) is 4.98. The largest absolute Gasteiger partial charge is 0.492 e. The summed E-state index contributed by atoms with van der Waals surface area (Å²) in [6.45, 7) is 4.36. The van der Waals surface area contributed by atoms with Crippen LogP contribution in [-0.4, -0.2) is 11.6 Å². The molecule has 0 aliphatic carbocycles. The minimum Gasteiger partial charge on any atom is -0.492 e. The van der Waals surface area contributed by atoms with Crippen LogP contribution < -0.4 is 10.1 Å². The van der Waals surface area contributed by atoms with Crippen molar-refractivity contribution in [3.8, 4) is 5.75 Å². The number of hydrogen-bond acceptors (Lipinski definition) is 3. The van der Waals surface area contributed by atoms with Crippen molar-refractivity contribution in [2.45, 2.75) is 26.4 Å². The van der Waals surface area contributed by atoms with Crippen molar-refractivity contribution in [3.63, 3.8) is 0 Å². The standard InChI is InChI=1S/C16H19ClN2O/c1-2-9-20-16-4-3-14(10-15(16)17)12-19-11-13-5-7-18-8-6-13/h3-8,10,19H,2,9,11-12H2,1H3.